The summed E-state index contributed by atoms with van der Waals surface area (Å²) in [4.78, 5) is 16.9. The van der Waals surface area contributed by atoms with E-state index in [2.05, 4.69) is 4.98 Å². The van der Waals surface area contributed by atoms with Crippen LogP contribution in [-0.4, -0.2) is 24.0 Å². The molecule has 4 nitrogen and oxygen atoms in total. The second kappa shape index (κ2) is 4.00. The third-order valence-corrected chi connectivity index (χ3v) is 1.71. The van der Waals surface area contributed by atoms with Crippen molar-refractivity contribution >= 4 is 11.7 Å². The number of hydrogen-bond donors (Lipinski definition) is 1. The maximum Gasteiger partial charge on any atom is 0.244 e. The van der Waals surface area contributed by atoms with Gasteiger partial charge in [-0.25, -0.2) is 4.98 Å². The van der Waals surface area contributed by atoms with Gasteiger partial charge in [-0.2, -0.15) is 0 Å². The third kappa shape index (κ3) is 2.26. The molecule has 0 bridgehead atoms. The Labute approximate surface area is 77.4 Å². The van der Waals surface area contributed by atoms with Crippen LogP contribution in [0.25, 0.3) is 0 Å². The number of nitrogens with two attached hydrogens (primary N) is 1. The first-order chi connectivity index (χ1) is 6.13. The first-order valence-electron chi connectivity index (χ1n) is 4.07. The first-order valence-corrected chi connectivity index (χ1v) is 4.07. The van der Waals surface area contributed by atoms with Crippen LogP contribution in [0.3, 0.4) is 0 Å². The van der Waals surface area contributed by atoms with Crippen LogP contribution in [0.5, 0.6) is 0 Å². The molecule has 0 spiro atoms. The molecule has 1 rings (SSSR count). The molecule has 1 aromatic heterocycles. The molecular weight excluding hydrogens is 166 g/mol. The number of anilines is 1. The van der Waals surface area contributed by atoms with Gasteiger partial charge < -0.3 is 5.73 Å². The van der Waals surface area contributed by atoms with E-state index in [4.69, 9.17) is 5.73 Å². The molecule has 13 heavy (non-hydrogen) atoms. The lowest BCUT2D eigenvalue weighted by Gasteiger charge is -2.17. The fraction of sp³-hybridized carbons (Fsp3) is 0.333. The maximum atomic E-state index is 11.4. The molecule has 4 heteroatoms. The minimum atomic E-state index is -0.494. The summed E-state index contributed by atoms with van der Waals surface area (Å²) in [5, 5.41) is 0. The van der Waals surface area contributed by atoms with E-state index in [1.54, 1.807) is 32.3 Å². The minimum Gasteiger partial charge on any atom is -0.320 e. The quantitative estimate of drug-likeness (QED) is 0.714. The summed E-state index contributed by atoms with van der Waals surface area (Å²) < 4.78 is 0. The summed E-state index contributed by atoms with van der Waals surface area (Å²) in [5.74, 6) is 0.475. The van der Waals surface area contributed by atoms with Gasteiger partial charge in [0.15, 0.2) is 0 Å². The third-order valence-electron chi connectivity index (χ3n) is 1.71. The van der Waals surface area contributed by atoms with Gasteiger partial charge in [0.1, 0.15) is 5.82 Å². The lowest BCUT2D eigenvalue weighted by atomic mass is 10.3. The predicted octanol–water partition coefficient (Wildman–Crippen LogP) is 0.392. The molecule has 0 unspecified atom stereocenters. The van der Waals surface area contributed by atoms with E-state index in [0.29, 0.717) is 5.82 Å². The zero-order chi connectivity index (χ0) is 9.84. The molecule has 0 aliphatic heterocycles. The molecule has 0 aromatic carbocycles. The van der Waals surface area contributed by atoms with E-state index in [0.717, 1.165) is 0 Å². The monoisotopic (exact) mass is 179 g/mol. The fourth-order valence-corrected chi connectivity index (χ4v) is 0.971. The number of nitrogens with zero attached hydrogens (tertiary/aromatic N) is 2. The van der Waals surface area contributed by atoms with Crippen molar-refractivity contribution in [1.82, 2.24) is 4.98 Å². The van der Waals surface area contributed by atoms with Crippen LogP contribution in [-0.2, 0) is 4.79 Å². The van der Waals surface area contributed by atoms with Crippen molar-refractivity contribution in [3.8, 4) is 0 Å². The van der Waals surface area contributed by atoms with Crippen LogP contribution >= 0.6 is 0 Å². The van der Waals surface area contributed by atoms with Gasteiger partial charge in [-0.3, -0.25) is 9.69 Å². The Kier molecular flexibility index (Phi) is 2.97. The average Bonchev–Trinajstić information content (AvgIpc) is 2.17. The van der Waals surface area contributed by atoms with Gasteiger partial charge in [-0.15, -0.1) is 0 Å². The van der Waals surface area contributed by atoms with E-state index in [1.165, 1.54) is 4.90 Å². The SMILES string of the molecule is C[C@@H](N)C(=O)N(C)c1ccccn1. The Morgan fingerprint density at radius 2 is 2.31 bits per heavy atom. The normalized spacial score (nSPS) is 12.2. The number of rotatable bonds is 2. The Bertz CT molecular complexity index is 284. The highest BCUT2D eigenvalue weighted by molar-refractivity contribution is 5.95. The molecule has 0 saturated carbocycles. The van der Waals surface area contributed by atoms with Gasteiger partial charge in [-0.1, -0.05) is 6.07 Å². The van der Waals surface area contributed by atoms with Crippen molar-refractivity contribution in [2.24, 2.45) is 5.73 Å². The number of pyridine rings is 1. The summed E-state index contributed by atoms with van der Waals surface area (Å²) in [6, 6.07) is 4.90. The number of carbonyl (C=O) groups excluding carboxylic acids is 1. The maximum absolute atomic E-state index is 11.4. The average molecular weight is 179 g/mol. The van der Waals surface area contributed by atoms with Gasteiger partial charge in [0.05, 0.1) is 6.04 Å². The lowest BCUT2D eigenvalue weighted by molar-refractivity contribution is -0.119. The number of likely N-dealkylation sites (N-methyl/N-ethyl adjacent to an activating group) is 1. The van der Waals surface area contributed by atoms with Crippen LogP contribution < -0.4 is 10.6 Å². The lowest BCUT2D eigenvalue weighted by Crippen LogP contribution is -2.40. The number of aromatic nitrogens is 1. The molecule has 0 aliphatic rings. The molecule has 0 saturated heterocycles. The standard InChI is InChI=1S/C9H13N3O/c1-7(10)9(13)12(2)8-5-3-4-6-11-8/h3-7H,10H2,1-2H3/t7-/m1/s1. The van der Waals surface area contributed by atoms with Crippen molar-refractivity contribution in [2.75, 3.05) is 11.9 Å². The predicted molar refractivity (Wildman–Crippen MR) is 51.3 cm³/mol. The summed E-state index contributed by atoms with van der Waals surface area (Å²) in [6.45, 7) is 1.65. The first kappa shape index (κ1) is 9.67. The smallest absolute Gasteiger partial charge is 0.244 e. The summed E-state index contributed by atoms with van der Waals surface area (Å²) >= 11 is 0. The highest BCUT2D eigenvalue weighted by atomic mass is 16.2. The van der Waals surface area contributed by atoms with Crippen molar-refractivity contribution < 1.29 is 4.79 Å². The van der Waals surface area contributed by atoms with Crippen LogP contribution in [0, 0.1) is 0 Å². The van der Waals surface area contributed by atoms with Crippen LogP contribution in [0.2, 0.25) is 0 Å². The van der Waals surface area contributed by atoms with E-state index in [-0.39, 0.29) is 5.91 Å². The molecule has 0 fully saturated rings. The fourth-order valence-electron chi connectivity index (χ4n) is 0.971. The van der Waals surface area contributed by atoms with Gasteiger partial charge in [-0.05, 0) is 19.1 Å². The van der Waals surface area contributed by atoms with Gasteiger partial charge in [0.25, 0.3) is 0 Å². The Morgan fingerprint density at radius 3 is 2.77 bits per heavy atom. The number of amides is 1. The summed E-state index contributed by atoms with van der Waals surface area (Å²) in [5.41, 5.74) is 5.46. The number of carbonyl (C=O) groups is 1. The Morgan fingerprint density at radius 1 is 1.62 bits per heavy atom. The highest BCUT2D eigenvalue weighted by Gasteiger charge is 2.14. The van der Waals surface area contributed by atoms with Gasteiger partial charge in [0.2, 0.25) is 5.91 Å². The van der Waals surface area contributed by atoms with E-state index < -0.39 is 6.04 Å². The van der Waals surface area contributed by atoms with Crippen LogP contribution in [0.15, 0.2) is 24.4 Å². The van der Waals surface area contributed by atoms with E-state index >= 15 is 0 Å². The topological polar surface area (TPSA) is 59.2 Å². The summed E-state index contributed by atoms with van der Waals surface area (Å²) in [7, 11) is 1.66. The zero-order valence-corrected chi connectivity index (χ0v) is 7.77. The molecule has 1 heterocycles. The second-order valence-corrected chi connectivity index (χ2v) is 2.87. The highest BCUT2D eigenvalue weighted by Crippen LogP contribution is 2.07. The van der Waals surface area contributed by atoms with Gasteiger partial charge in [0, 0.05) is 13.2 Å². The molecule has 1 aromatic rings. The van der Waals surface area contributed by atoms with Crippen molar-refractivity contribution in [1.29, 1.82) is 0 Å². The van der Waals surface area contributed by atoms with Crippen LogP contribution in [0.1, 0.15) is 6.92 Å². The van der Waals surface area contributed by atoms with Crippen molar-refractivity contribution in [2.45, 2.75) is 13.0 Å². The molecule has 0 aliphatic carbocycles. The minimum absolute atomic E-state index is 0.140. The van der Waals surface area contributed by atoms with Crippen molar-refractivity contribution in [3.63, 3.8) is 0 Å². The largest absolute Gasteiger partial charge is 0.320 e. The second-order valence-electron chi connectivity index (χ2n) is 2.87. The molecular formula is C9H13N3O. The molecule has 1 atom stereocenters. The molecule has 2 N–H and O–H groups in total. The van der Waals surface area contributed by atoms with Gasteiger partial charge >= 0.3 is 0 Å². The van der Waals surface area contributed by atoms with Crippen LogP contribution in [0.4, 0.5) is 5.82 Å². The van der Waals surface area contributed by atoms with E-state index in [9.17, 15) is 4.79 Å². The van der Waals surface area contributed by atoms with E-state index in [1.807, 2.05) is 6.07 Å². The molecule has 70 valence electrons. The summed E-state index contributed by atoms with van der Waals surface area (Å²) in [6.07, 6.45) is 1.64. The molecule has 0 radical (unpaired) electrons. The van der Waals surface area contributed by atoms with Crippen molar-refractivity contribution in [3.05, 3.63) is 24.4 Å². The Balaban J connectivity index is 2.80. The molecule has 1 amide bonds. The Hall–Kier alpha value is -1.42. The zero-order valence-electron chi connectivity index (χ0n) is 7.77. The number of hydrogen-bond acceptors (Lipinski definition) is 3.